The second-order valence-electron chi connectivity index (χ2n) is 10.4. The van der Waals surface area contributed by atoms with Gasteiger partial charge in [-0.1, -0.05) is 35.5 Å². The van der Waals surface area contributed by atoms with Gasteiger partial charge in [0.1, 0.15) is 0 Å². The van der Waals surface area contributed by atoms with E-state index < -0.39 is 23.0 Å². The van der Waals surface area contributed by atoms with Gasteiger partial charge < -0.3 is 14.8 Å². The van der Waals surface area contributed by atoms with Crippen molar-refractivity contribution in [2.45, 2.75) is 18.4 Å². The van der Waals surface area contributed by atoms with Crippen LogP contribution in [-0.4, -0.2) is 76.5 Å². The van der Waals surface area contributed by atoms with Gasteiger partial charge in [-0.25, -0.2) is 18.7 Å². The van der Waals surface area contributed by atoms with Gasteiger partial charge in [0.25, 0.3) is 17.2 Å². The largest absolute Gasteiger partial charge is 0.357 e. The number of carbonyl (C=O) groups excluding carboxylic acids is 2. The molecule has 1 aliphatic carbocycles. The third-order valence-electron chi connectivity index (χ3n) is 7.90. The number of H-pyrrole nitrogens is 1. The first-order chi connectivity index (χ1) is 19.9. The molecule has 1 N–H and O–H groups in total. The number of piperazine rings is 1. The molecule has 0 bridgehead atoms. The number of rotatable bonds is 5. The summed E-state index contributed by atoms with van der Waals surface area (Å²) < 4.78 is 17.6. The minimum absolute atomic E-state index is 0.0192. The smallest absolute Gasteiger partial charge is 0.295 e. The number of hydrogen-bond donors (Lipinski definition) is 1. The van der Waals surface area contributed by atoms with Crippen molar-refractivity contribution in [3.63, 3.8) is 0 Å². The summed E-state index contributed by atoms with van der Waals surface area (Å²) in [5.41, 5.74) is 0.996. The Morgan fingerprint density at radius 2 is 1.90 bits per heavy atom. The Morgan fingerprint density at radius 3 is 2.63 bits per heavy atom. The molecule has 2 fully saturated rings. The quantitative estimate of drug-likeness (QED) is 0.258. The van der Waals surface area contributed by atoms with E-state index in [0.717, 1.165) is 24.6 Å². The molecule has 41 heavy (non-hydrogen) atoms. The summed E-state index contributed by atoms with van der Waals surface area (Å²) in [5.74, 6) is -1.29. The van der Waals surface area contributed by atoms with Gasteiger partial charge in [0.2, 0.25) is 0 Å². The first-order valence-electron chi connectivity index (χ1n) is 13.1. The van der Waals surface area contributed by atoms with E-state index in [-0.39, 0.29) is 34.4 Å². The molecule has 206 valence electrons. The SMILES string of the molecule is Cn1nc(N2CCN(C(=O)C(=O)c3c[nH]c4c(-n5ccnn5)ncc(F)c34)C3(CC3)C2)c(-c2ccccc2)cc1=O. The van der Waals surface area contributed by atoms with Gasteiger partial charge in [-0.2, -0.15) is 5.10 Å². The highest BCUT2D eigenvalue weighted by Crippen LogP contribution is 2.46. The van der Waals surface area contributed by atoms with Crippen LogP contribution in [-0.2, 0) is 11.8 Å². The summed E-state index contributed by atoms with van der Waals surface area (Å²) in [6.07, 6.45) is 6.78. The zero-order valence-corrected chi connectivity index (χ0v) is 22.0. The summed E-state index contributed by atoms with van der Waals surface area (Å²) in [5, 5.41) is 12.2. The maximum atomic E-state index is 15.0. The number of fused-ring (bicyclic) bond motifs is 1. The van der Waals surface area contributed by atoms with Crippen molar-refractivity contribution in [1.29, 1.82) is 0 Å². The van der Waals surface area contributed by atoms with Crippen LogP contribution in [0.3, 0.4) is 0 Å². The van der Waals surface area contributed by atoms with Crippen molar-refractivity contribution < 1.29 is 14.0 Å². The zero-order chi connectivity index (χ0) is 28.3. The lowest BCUT2D eigenvalue weighted by Crippen LogP contribution is -2.59. The molecule has 0 atom stereocenters. The molecular formula is C28H24FN9O3. The fourth-order valence-corrected chi connectivity index (χ4v) is 5.64. The number of anilines is 1. The molecule has 4 aromatic heterocycles. The maximum absolute atomic E-state index is 15.0. The molecule has 7 rings (SSSR count). The monoisotopic (exact) mass is 553 g/mol. The standard InChI is InChI=1S/C28H24FN9O3/c1-35-21(39)13-18(17-5-3-2-4-6-17)25(33-35)36-11-12-37(28(16-36)7-8-28)27(41)24(40)19-14-30-23-22(19)20(29)15-31-26(23)38-10-9-32-34-38/h2-6,9-10,13-15,30H,7-8,11-12,16H2,1H3. The predicted octanol–water partition coefficient (Wildman–Crippen LogP) is 2.11. The number of nitrogens with one attached hydrogen (secondary N) is 1. The molecular weight excluding hydrogens is 529 g/mol. The number of hydrogen-bond acceptors (Lipinski definition) is 8. The third-order valence-corrected chi connectivity index (χ3v) is 7.90. The van der Waals surface area contributed by atoms with Crippen molar-refractivity contribution in [2.24, 2.45) is 7.05 Å². The lowest BCUT2D eigenvalue weighted by Gasteiger charge is -2.42. The van der Waals surface area contributed by atoms with Crippen LogP contribution in [0.2, 0.25) is 0 Å². The minimum Gasteiger partial charge on any atom is -0.357 e. The molecule has 1 saturated heterocycles. The van der Waals surface area contributed by atoms with Gasteiger partial charge in [-0.15, -0.1) is 5.10 Å². The Balaban J connectivity index is 1.19. The molecule has 2 aliphatic rings. The summed E-state index contributed by atoms with van der Waals surface area (Å²) in [7, 11) is 1.61. The summed E-state index contributed by atoms with van der Waals surface area (Å²) in [4.78, 5) is 50.4. The molecule has 1 aromatic carbocycles. The maximum Gasteiger partial charge on any atom is 0.295 e. The number of aromatic nitrogens is 7. The number of benzene rings is 1. The van der Waals surface area contributed by atoms with E-state index in [1.807, 2.05) is 30.3 Å². The Morgan fingerprint density at radius 1 is 1.10 bits per heavy atom. The lowest BCUT2D eigenvalue weighted by atomic mass is 10.0. The number of amides is 1. The molecule has 12 nitrogen and oxygen atoms in total. The first-order valence-corrected chi connectivity index (χ1v) is 13.1. The Hall–Kier alpha value is -5.20. The van der Waals surface area contributed by atoms with E-state index in [2.05, 4.69) is 30.3 Å². The number of aryl methyl sites for hydroxylation is 1. The highest BCUT2D eigenvalue weighted by Gasteiger charge is 2.54. The Labute approximate surface area is 232 Å². The van der Waals surface area contributed by atoms with Crippen LogP contribution in [0.15, 0.2) is 66.0 Å². The van der Waals surface area contributed by atoms with Gasteiger partial charge in [0.15, 0.2) is 17.5 Å². The molecule has 0 unspecified atom stereocenters. The highest BCUT2D eigenvalue weighted by atomic mass is 19.1. The van der Waals surface area contributed by atoms with Crippen molar-refractivity contribution >= 4 is 28.4 Å². The average Bonchev–Trinajstić information content (AvgIpc) is 3.36. The summed E-state index contributed by atoms with van der Waals surface area (Å²) >= 11 is 0. The van der Waals surface area contributed by atoms with Crippen LogP contribution in [0.5, 0.6) is 0 Å². The minimum atomic E-state index is -0.796. The molecule has 1 spiro atoms. The molecule has 5 heterocycles. The molecule has 5 aromatic rings. The van der Waals surface area contributed by atoms with E-state index >= 15 is 0 Å². The van der Waals surface area contributed by atoms with Crippen molar-refractivity contribution in [3.05, 3.63) is 82.9 Å². The van der Waals surface area contributed by atoms with Gasteiger partial charge >= 0.3 is 0 Å². The van der Waals surface area contributed by atoms with Crippen LogP contribution in [0.4, 0.5) is 10.2 Å². The average molecular weight is 554 g/mol. The van der Waals surface area contributed by atoms with Crippen molar-refractivity contribution in [3.8, 4) is 16.9 Å². The summed E-state index contributed by atoms with van der Waals surface area (Å²) in [6.45, 7) is 1.15. The number of ketones is 1. The van der Waals surface area contributed by atoms with Gasteiger partial charge in [-0.05, 0) is 18.4 Å². The highest BCUT2D eigenvalue weighted by molar-refractivity contribution is 6.45. The van der Waals surface area contributed by atoms with Crippen LogP contribution in [0.25, 0.3) is 27.8 Å². The number of halogens is 1. The number of aromatic amines is 1. The topological polar surface area (TPSA) is 135 Å². The number of carbonyl (C=O) groups is 2. The normalized spacial score (nSPS) is 16.0. The molecule has 1 aliphatic heterocycles. The fraction of sp³-hybridized carbons (Fsp3) is 0.250. The molecule has 1 saturated carbocycles. The lowest BCUT2D eigenvalue weighted by molar-refractivity contribution is -0.130. The molecule has 0 radical (unpaired) electrons. The number of Topliss-reactive ketones (excluding diaryl/α,β-unsaturated/α-hetero) is 1. The first kappa shape index (κ1) is 24.8. The van der Waals surface area contributed by atoms with E-state index in [4.69, 9.17) is 0 Å². The second-order valence-corrected chi connectivity index (χ2v) is 10.4. The Kier molecular flexibility index (Phi) is 5.56. The van der Waals surface area contributed by atoms with E-state index in [0.29, 0.717) is 24.5 Å². The Bertz CT molecular complexity index is 1880. The molecule has 13 heteroatoms. The third kappa shape index (κ3) is 4.00. The van der Waals surface area contributed by atoms with Crippen molar-refractivity contribution in [2.75, 3.05) is 24.5 Å². The predicted molar refractivity (Wildman–Crippen MR) is 146 cm³/mol. The van der Waals surface area contributed by atoms with E-state index in [1.54, 1.807) is 24.2 Å². The fourth-order valence-electron chi connectivity index (χ4n) is 5.64. The zero-order valence-electron chi connectivity index (χ0n) is 22.0. The van der Waals surface area contributed by atoms with E-state index in [9.17, 15) is 18.8 Å². The molecule has 1 amide bonds. The summed E-state index contributed by atoms with van der Waals surface area (Å²) in [6, 6.07) is 11.1. The van der Waals surface area contributed by atoms with E-state index in [1.165, 1.54) is 21.8 Å². The van der Waals surface area contributed by atoms with Crippen LogP contribution >= 0.6 is 0 Å². The second kappa shape index (κ2) is 9.18. The van der Waals surface area contributed by atoms with Crippen LogP contribution in [0, 0.1) is 5.82 Å². The number of nitrogens with zero attached hydrogens (tertiary/aromatic N) is 8. The van der Waals surface area contributed by atoms with Crippen LogP contribution in [0.1, 0.15) is 23.2 Å². The van der Waals surface area contributed by atoms with Crippen molar-refractivity contribution in [1.82, 2.24) is 39.6 Å². The van der Waals surface area contributed by atoms with Gasteiger partial charge in [0.05, 0.1) is 40.6 Å². The van der Waals surface area contributed by atoms with Crippen LogP contribution < -0.4 is 10.5 Å². The van der Waals surface area contributed by atoms with Gasteiger partial charge in [-0.3, -0.25) is 14.4 Å². The van der Waals surface area contributed by atoms with Gasteiger partial charge in [0, 0.05) is 44.5 Å². The number of pyridine rings is 1.